The molecule has 0 heterocycles. The first kappa shape index (κ1) is 39.6. The molecule has 0 saturated carbocycles. The molecule has 0 rings (SSSR count). The van der Waals surface area contributed by atoms with Crippen LogP contribution in [0.5, 0.6) is 0 Å². The zero-order chi connectivity index (χ0) is 30.4. The molecule has 0 radical (unpaired) electrons. The minimum absolute atomic E-state index is 0.179. The number of carboxylic acid groups (broad SMARTS) is 1. The Morgan fingerprint density at radius 1 is 0.744 bits per heavy atom. The van der Waals surface area contributed by atoms with E-state index in [1.807, 2.05) is 11.9 Å². The smallest absolute Gasteiger partial charge is 0.475 e. The summed E-state index contributed by atoms with van der Waals surface area (Å²) in [5.41, 5.74) is 0. The van der Waals surface area contributed by atoms with Gasteiger partial charge in [-0.1, -0.05) is 77.6 Å². The molecular formula is C26H51F3N2O8. The number of rotatable bonds is 21. The molecular weight excluding hydrogens is 525 g/mol. The van der Waals surface area contributed by atoms with E-state index in [2.05, 4.69) is 6.92 Å². The highest BCUT2D eigenvalue weighted by Crippen LogP contribution is 2.13. The van der Waals surface area contributed by atoms with Gasteiger partial charge in [0, 0.05) is 13.6 Å². The van der Waals surface area contributed by atoms with Gasteiger partial charge >= 0.3 is 12.1 Å². The maximum atomic E-state index is 12.3. The Balaban J connectivity index is 0. The first-order valence-corrected chi connectivity index (χ1v) is 13.7. The number of nitrogens with zero attached hydrogens (tertiary/aromatic N) is 2. The quantitative estimate of drug-likeness (QED) is 0.112. The Bertz CT molecular complexity index is 629. The van der Waals surface area contributed by atoms with Crippen LogP contribution >= 0.6 is 0 Å². The van der Waals surface area contributed by atoms with E-state index in [-0.39, 0.29) is 19.0 Å². The van der Waals surface area contributed by atoms with Crippen molar-refractivity contribution >= 4 is 11.9 Å². The lowest BCUT2D eigenvalue weighted by molar-refractivity contribution is -0.192. The maximum absolute atomic E-state index is 12.3. The number of carboxylic acids is 1. The van der Waals surface area contributed by atoms with Crippen molar-refractivity contribution in [2.75, 3.05) is 40.3 Å². The van der Waals surface area contributed by atoms with E-state index < -0.39 is 43.2 Å². The summed E-state index contributed by atoms with van der Waals surface area (Å²) in [6.45, 7) is 2.36. The van der Waals surface area contributed by atoms with Gasteiger partial charge in [-0.25, -0.2) is 4.79 Å². The van der Waals surface area contributed by atoms with Crippen molar-refractivity contribution in [3.05, 3.63) is 0 Å². The van der Waals surface area contributed by atoms with Crippen LogP contribution in [-0.2, 0) is 9.59 Å². The number of unbranched alkanes of at least 4 members (excludes halogenated alkanes) is 11. The Kier molecular flexibility index (Phi) is 23.6. The Morgan fingerprint density at radius 2 is 1.13 bits per heavy atom. The van der Waals surface area contributed by atoms with Crippen LogP contribution in [0.3, 0.4) is 0 Å². The molecule has 0 unspecified atom stereocenters. The van der Waals surface area contributed by atoms with E-state index in [0.29, 0.717) is 0 Å². The van der Waals surface area contributed by atoms with Gasteiger partial charge in [0.15, 0.2) is 0 Å². The number of halogens is 3. The minimum Gasteiger partial charge on any atom is -0.475 e. The molecule has 0 aromatic heterocycles. The van der Waals surface area contributed by atoms with Crippen molar-refractivity contribution in [2.45, 2.75) is 115 Å². The van der Waals surface area contributed by atoms with Crippen molar-refractivity contribution in [3.8, 4) is 0 Å². The van der Waals surface area contributed by atoms with E-state index in [9.17, 15) is 38.4 Å². The first-order chi connectivity index (χ1) is 18.2. The number of amides is 1. The topological polar surface area (TPSA) is 162 Å². The fourth-order valence-corrected chi connectivity index (χ4v) is 3.71. The van der Waals surface area contributed by atoms with E-state index >= 15 is 0 Å². The molecule has 0 aromatic carbocycles. The van der Waals surface area contributed by atoms with E-state index in [1.165, 1.54) is 76.2 Å². The van der Waals surface area contributed by atoms with Crippen molar-refractivity contribution in [3.63, 3.8) is 0 Å². The summed E-state index contributed by atoms with van der Waals surface area (Å²) in [4.78, 5) is 24.5. The molecule has 13 heteroatoms. The Labute approximate surface area is 230 Å². The van der Waals surface area contributed by atoms with E-state index in [0.717, 1.165) is 19.4 Å². The average molecular weight is 577 g/mol. The van der Waals surface area contributed by atoms with Crippen LogP contribution in [0, 0.1) is 0 Å². The molecule has 234 valence electrons. The highest BCUT2D eigenvalue weighted by Gasteiger charge is 2.38. The number of likely N-dealkylation sites (N-methyl/N-ethyl adjacent to an activating group) is 2. The number of hydrogen-bond donors (Lipinski definition) is 6. The van der Waals surface area contributed by atoms with Gasteiger partial charge < -0.3 is 35.5 Å². The summed E-state index contributed by atoms with van der Waals surface area (Å²) in [5, 5.41) is 54.8. The molecule has 0 spiro atoms. The molecule has 10 nitrogen and oxygen atoms in total. The van der Waals surface area contributed by atoms with Crippen molar-refractivity contribution < 1.29 is 53.4 Å². The largest absolute Gasteiger partial charge is 0.490 e. The second-order valence-electron chi connectivity index (χ2n) is 10.0. The van der Waals surface area contributed by atoms with Gasteiger partial charge in [0.25, 0.3) is 0 Å². The lowest BCUT2D eigenvalue weighted by atomic mass is 10.0. The second-order valence-corrected chi connectivity index (χ2v) is 10.0. The summed E-state index contributed by atoms with van der Waals surface area (Å²) < 4.78 is 31.7. The van der Waals surface area contributed by atoms with Gasteiger partial charge in [-0.15, -0.1) is 0 Å². The summed E-state index contributed by atoms with van der Waals surface area (Å²) in [6.07, 6.45) is 4.07. The van der Waals surface area contributed by atoms with Crippen LogP contribution in [0.1, 0.15) is 84.0 Å². The molecule has 0 aliphatic carbocycles. The van der Waals surface area contributed by atoms with Gasteiger partial charge in [-0.2, -0.15) is 13.2 Å². The number of carbonyl (C=O) groups is 2. The SMILES string of the molecule is CCCCCCCCCCCCCCN(C)CC(=O)N(C)C[C@H](O)[C@@H](O)[C@H](O)[C@H](O)CO.O=C(O)C(F)(F)F. The van der Waals surface area contributed by atoms with Crippen LogP contribution in [0.2, 0.25) is 0 Å². The molecule has 0 bridgehead atoms. The zero-order valence-corrected chi connectivity index (χ0v) is 23.7. The molecule has 4 atom stereocenters. The molecule has 0 fully saturated rings. The number of carbonyl (C=O) groups excluding carboxylic acids is 1. The second kappa shape index (κ2) is 23.2. The van der Waals surface area contributed by atoms with Crippen LogP contribution in [-0.4, -0.2) is 123 Å². The third-order valence-electron chi connectivity index (χ3n) is 6.25. The molecule has 0 aromatic rings. The molecule has 0 saturated heterocycles. The third kappa shape index (κ3) is 21.9. The predicted molar refractivity (Wildman–Crippen MR) is 141 cm³/mol. The lowest BCUT2D eigenvalue weighted by Gasteiger charge is -2.29. The molecule has 1 amide bonds. The van der Waals surface area contributed by atoms with Gasteiger partial charge in [-0.3, -0.25) is 9.69 Å². The predicted octanol–water partition coefficient (Wildman–Crippen LogP) is 2.15. The normalized spacial score (nSPS) is 14.8. The Hall–Kier alpha value is -1.51. The molecule has 0 aliphatic heterocycles. The maximum Gasteiger partial charge on any atom is 0.490 e. The minimum atomic E-state index is -5.08. The number of hydrogen-bond acceptors (Lipinski definition) is 8. The fraction of sp³-hybridized carbons (Fsp3) is 0.923. The van der Waals surface area contributed by atoms with E-state index in [4.69, 9.17) is 15.0 Å². The van der Waals surface area contributed by atoms with Gasteiger partial charge in [-0.05, 0) is 20.0 Å². The summed E-state index contributed by atoms with van der Waals surface area (Å²) in [7, 11) is 3.40. The number of aliphatic hydroxyl groups is 5. The lowest BCUT2D eigenvalue weighted by Crippen LogP contribution is -2.50. The molecule has 6 N–H and O–H groups in total. The standard InChI is InChI=1S/C24H50N2O6.C2HF3O2/c1-4-5-6-7-8-9-10-11-12-13-14-15-16-25(2)18-22(30)26(3)17-20(28)23(31)24(32)21(29)19-27;3-2(4,5)1(6)7/h20-21,23-24,27-29,31-32H,4-19H2,1-3H3;(H,6,7)/t20-,21+,23+,24+;/m0./s1. The first-order valence-electron chi connectivity index (χ1n) is 13.7. The highest BCUT2D eigenvalue weighted by atomic mass is 19.4. The fourth-order valence-electron chi connectivity index (χ4n) is 3.71. The average Bonchev–Trinajstić information content (AvgIpc) is 2.87. The highest BCUT2D eigenvalue weighted by molar-refractivity contribution is 5.78. The van der Waals surface area contributed by atoms with Gasteiger partial charge in [0.05, 0.1) is 13.2 Å². The number of aliphatic hydroxyl groups excluding tert-OH is 5. The third-order valence-corrected chi connectivity index (χ3v) is 6.25. The summed E-state index contributed by atoms with van der Waals surface area (Å²) in [5.74, 6) is -2.96. The Morgan fingerprint density at radius 3 is 1.51 bits per heavy atom. The molecule has 0 aliphatic rings. The van der Waals surface area contributed by atoms with Crippen LogP contribution in [0.4, 0.5) is 13.2 Å². The van der Waals surface area contributed by atoms with Crippen LogP contribution in [0.25, 0.3) is 0 Å². The van der Waals surface area contributed by atoms with Gasteiger partial charge in [0.2, 0.25) is 5.91 Å². The van der Waals surface area contributed by atoms with Crippen LogP contribution < -0.4 is 0 Å². The summed E-state index contributed by atoms with van der Waals surface area (Å²) in [6, 6.07) is 0. The number of alkyl halides is 3. The van der Waals surface area contributed by atoms with Crippen molar-refractivity contribution in [1.29, 1.82) is 0 Å². The van der Waals surface area contributed by atoms with Crippen molar-refractivity contribution in [2.24, 2.45) is 0 Å². The van der Waals surface area contributed by atoms with Gasteiger partial charge in [0.1, 0.15) is 24.4 Å². The molecule has 39 heavy (non-hydrogen) atoms. The van der Waals surface area contributed by atoms with Crippen molar-refractivity contribution in [1.82, 2.24) is 9.80 Å². The van der Waals surface area contributed by atoms with Crippen LogP contribution in [0.15, 0.2) is 0 Å². The zero-order valence-electron chi connectivity index (χ0n) is 23.7. The monoisotopic (exact) mass is 576 g/mol. The number of aliphatic carboxylic acids is 1. The summed E-state index contributed by atoms with van der Waals surface area (Å²) >= 11 is 0. The van der Waals surface area contributed by atoms with E-state index in [1.54, 1.807) is 0 Å².